The molecule has 0 aliphatic rings. The molecule has 2 N–H and O–H groups in total. The Bertz CT molecular complexity index is 367. The highest BCUT2D eigenvalue weighted by Gasteiger charge is 2.10. The van der Waals surface area contributed by atoms with Gasteiger partial charge in [0.2, 0.25) is 5.95 Å². The first-order valence-corrected chi connectivity index (χ1v) is 6.36. The summed E-state index contributed by atoms with van der Waals surface area (Å²) in [5.74, 6) is 0.609. The molecule has 0 saturated heterocycles. The Morgan fingerprint density at radius 1 is 1.06 bits per heavy atom. The van der Waals surface area contributed by atoms with Crippen LogP contribution in [-0.2, 0) is 0 Å². The Morgan fingerprint density at radius 2 is 1.67 bits per heavy atom. The predicted molar refractivity (Wildman–Crippen MR) is 69.6 cm³/mol. The third-order valence-electron chi connectivity index (χ3n) is 2.56. The molecule has 1 rings (SSSR count). The van der Waals surface area contributed by atoms with Gasteiger partial charge in [-0.1, -0.05) is 26.7 Å². The number of hydrogen-bond acceptors (Lipinski definition) is 6. The third kappa shape index (κ3) is 4.73. The van der Waals surface area contributed by atoms with E-state index >= 15 is 0 Å². The molecule has 6 heteroatoms. The Morgan fingerprint density at radius 3 is 2.22 bits per heavy atom. The van der Waals surface area contributed by atoms with Gasteiger partial charge in [0.1, 0.15) is 0 Å². The van der Waals surface area contributed by atoms with Crippen molar-refractivity contribution in [1.82, 2.24) is 15.0 Å². The Kier molecular flexibility index (Phi) is 5.61. The average molecular weight is 254 g/mol. The summed E-state index contributed by atoms with van der Waals surface area (Å²) in [5, 5.41) is 0. The second kappa shape index (κ2) is 6.98. The fourth-order valence-electron chi connectivity index (χ4n) is 1.40. The molecule has 0 amide bonds. The molecule has 0 aliphatic heterocycles. The quantitative estimate of drug-likeness (QED) is 0.801. The number of aromatic nitrogens is 3. The number of nitrogens with zero attached hydrogens (tertiary/aromatic N) is 3. The van der Waals surface area contributed by atoms with E-state index < -0.39 is 0 Å². The molecule has 0 saturated carbocycles. The van der Waals surface area contributed by atoms with E-state index in [1.165, 1.54) is 0 Å². The lowest BCUT2D eigenvalue weighted by Gasteiger charge is -2.13. The number of anilines is 1. The van der Waals surface area contributed by atoms with Crippen molar-refractivity contribution in [2.24, 2.45) is 5.92 Å². The molecule has 1 heterocycles. The zero-order valence-corrected chi connectivity index (χ0v) is 11.5. The molecule has 0 unspecified atom stereocenters. The molecule has 18 heavy (non-hydrogen) atoms. The third-order valence-corrected chi connectivity index (χ3v) is 2.56. The van der Waals surface area contributed by atoms with E-state index in [-0.39, 0.29) is 24.1 Å². The number of hydrogen-bond donors (Lipinski definition) is 1. The van der Waals surface area contributed by atoms with E-state index in [1.54, 1.807) is 0 Å². The molecule has 0 bridgehead atoms. The van der Waals surface area contributed by atoms with E-state index in [0.717, 1.165) is 12.8 Å². The van der Waals surface area contributed by atoms with Crippen LogP contribution in [0.5, 0.6) is 12.0 Å². The van der Waals surface area contributed by atoms with Crippen LogP contribution >= 0.6 is 0 Å². The van der Waals surface area contributed by atoms with Crippen LogP contribution < -0.4 is 15.2 Å². The van der Waals surface area contributed by atoms with Crippen LogP contribution in [-0.4, -0.2) is 27.7 Å². The second-order valence-corrected chi connectivity index (χ2v) is 4.42. The van der Waals surface area contributed by atoms with Crippen LogP contribution in [0.1, 0.15) is 40.5 Å². The highest BCUT2D eigenvalue weighted by Crippen LogP contribution is 2.14. The van der Waals surface area contributed by atoms with E-state index in [0.29, 0.717) is 12.5 Å². The Balaban J connectivity index is 2.67. The van der Waals surface area contributed by atoms with E-state index in [1.807, 2.05) is 13.8 Å². The van der Waals surface area contributed by atoms with Crippen molar-refractivity contribution >= 4 is 5.95 Å². The van der Waals surface area contributed by atoms with Gasteiger partial charge in [0.25, 0.3) is 0 Å². The van der Waals surface area contributed by atoms with Crippen LogP contribution in [0.25, 0.3) is 0 Å². The van der Waals surface area contributed by atoms with Gasteiger partial charge in [-0.25, -0.2) is 0 Å². The minimum atomic E-state index is -0.0151. The summed E-state index contributed by atoms with van der Waals surface area (Å²) in [6.07, 6.45) is 2.11. The largest absolute Gasteiger partial charge is 0.463 e. The van der Waals surface area contributed by atoms with Crippen LogP contribution in [0.3, 0.4) is 0 Å². The molecular weight excluding hydrogens is 232 g/mol. The molecule has 0 aliphatic carbocycles. The fourth-order valence-corrected chi connectivity index (χ4v) is 1.40. The molecular formula is C12H22N4O2. The van der Waals surface area contributed by atoms with Gasteiger partial charge in [-0.05, 0) is 19.8 Å². The lowest BCUT2D eigenvalue weighted by atomic mass is 10.1. The molecule has 1 aromatic heterocycles. The fraction of sp³-hybridized carbons (Fsp3) is 0.750. The maximum Gasteiger partial charge on any atom is 0.324 e. The average Bonchev–Trinajstić information content (AvgIpc) is 2.28. The summed E-state index contributed by atoms with van der Waals surface area (Å²) < 4.78 is 10.9. The van der Waals surface area contributed by atoms with Crippen molar-refractivity contribution in [3.63, 3.8) is 0 Å². The number of ether oxygens (including phenoxy) is 2. The summed E-state index contributed by atoms with van der Waals surface area (Å²) in [5.41, 5.74) is 5.58. The number of nitrogens with two attached hydrogens (primary N) is 1. The molecule has 6 nitrogen and oxygen atoms in total. The van der Waals surface area contributed by atoms with Gasteiger partial charge >= 0.3 is 12.0 Å². The van der Waals surface area contributed by atoms with Gasteiger partial charge in [-0.15, -0.1) is 4.98 Å². The Labute approximate surface area is 108 Å². The first-order chi connectivity index (χ1) is 8.55. The van der Waals surface area contributed by atoms with Crippen LogP contribution in [0.15, 0.2) is 0 Å². The molecule has 0 radical (unpaired) electrons. The maximum absolute atomic E-state index is 5.58. The minimum absolute atomic E-state index is 0.0151. The summed E-state index contributed by atoms with van der Waals surface area (Å²) in [6, 6.07) is 0.432. The van der Waals surface area contributed by atoms with E-state index in [4.69, 9.17) is 15.2 Å². The normalized spacial score (nSPS) is 11.0. The molecule has 0 spiro atoms. The van der Waals surface area contributed by atoms with Gasteiger partial charge in [-0.3, -0.25) is 0 Å². The molecule has 0 aromatic carbocycles. The second-order valence-electron chi connectivity index (χ2n) is 4.42. The van der Waals surface area contributed by atoms with Crippen molar-refractivity contribution in [3.8, 4) is 12.0 Å². The summed E-state index contributed by atoms with van der Waals surface area (Å²) in [7, 11) is 0. The number of rotatable bonds is 7. The first-order valence-electron chi connectivity index (χ1n) is 6.36. The van der Waals surface area contributed by atoms with Crippen molar-refractivity contribution < 1.29 is 9.47 Å². The van der Waals surface area contributed by atoms with Gasteiger partial charge < -0.3 is 15.2 Å². The zero-order chi connectivity index (χ0) is 13.5. The minimum Gasteiger partial charge on any atom is -0.463 e. The van der Waals surface area contributed by atoms with Gasteiger partial charge in [0.05, 0.1) is 12.7 Å². The molecule has 0 atom stereocenters. The summed E-state index contributed by atoms with van der Waals surface area (Å²) in [6.45, 7) is 8.63. The van der Waals surface area contributed by atoms with E-state index in [9.17, 15) is 0 Å². The molecule has 0 fully saturated rings. The van der Waals surface area contributed by atoms with Crippen LogP contribution in [0.4, 0.5) is 5.95 Å². The molecule has 102 valence electrons. The molecule has 1 aromatic rings. The highest BCUT2D eigenvalue weighted by atomic mass is 16.5. The Hall–Kier alpha value is -1.59. The van der Waals surface area contributed by atoms with Gasteiger partial charge in [-0.2, -0.15) is 9.97 Å². The lowest BCUT2D eigenvalue weighted by molar-refractivity contribution is 0.200. The van der Waals surface area contributed by atoms with Crippen molar-refractivity contribution in [2.75, 3.05) is 12.3 Å². The topological polar surface area (TPSA) is 83.2 Å². The SMILES string of the molecule is CCC(CC)COc1nc(N)nc(OC(C)C)n1. The first kappa shape index (κ1) is 14.5. The van der Waals surface area contributed by atoms with Crippen molar-refractivity contribution in [2.45, 2.75) is 46.6 Å². The maximum atomic E-state index is 5.58. The van der Waals surface area contributed by atoms with Crippen LogP contribution in [0, 0.1) is 5.92 Å². The van der Waals surface area contributed by atoms with Crippen molar-refractivity contribution in [3.05, 3.63) is 0 Å². The summed E-state index contributed by atoms with van der Waals surface area (Å²) >= 11 is 0. The lowest BCUT2D eigenvalue weighted by Crippen LogP contribution is -2.14. The van der Waals surface area contributed by atoms with Gasteiger partial charge in [0, 0.05) is 0 Å². The number of nitrogen functional groups attached to an aromatic ring is 1. The highest BCUT2D eigenvalue weighted by molar-refractivity contribution is 5.20. The summed E-state index contributed by atoms with van der Waals surface area (Å²) in [4.78, 5) is 11.9. The van der Waals surface area contributed by atoms with Crippen molar-refractivity contribution in [1.29, 1.82) is 0 Å². The van der Waals surface area contributed by atoms with Crippen LogP contribution in [0.2, 0.25) is 0 Å². The van der Waals surface area contributed by atoms with Gasteiger partial charge in [0.15, 0.2) is 0 Å². The standard InChI is InChI=1S/C12H22N4O2/c1-5-9(6-2)7-17-11-14-10(13)15-12(16-11)18-8(3)4/h8-9H,5-7H2,1-4H3,(H2,13,14,15,16). The van der Waals surface area contributed by atoms with E-state index in [2.05, 4.69) is 28.8 Å². The monoisotopic (exact) mass is 254 g/mol. The predicted octanol–water partition coefficient (Wildman–Crippen LogP) is 2.06. The smallest absolute Gasteiger partial charge is 0.324 e. The zero-order valence-electron chi connectivity index (χ0n) is 11.5.